The van der Waals surface area contributed by atoms with E-state index in [1.165, 1.54) is 29.2 Å². The van der Waals surface area contributed by atoms with Crippen molar-refractivity contribution in [2.75, 3.05) is 18.5 Å². The van der Waals surface area contributed by atoms with Gasteiger partial charge in [-0.3, -0.25) is 10.1 Å². The smallest absolute Gasteiger partial charge is 0.257 e. The molecule has 0 atom stereocenters. The molecule has 0 aliphatic heterocycles. The fraction of sp³-hybridized carbons (Fsp3) is 0.250. The zero-order valence-electron chi connectivity index (χ0n) is 16.3. The first-order chi connectivity index (χ1) is 14.5. The molecule has 0 saturated carbocycles. The van der Waals surface area contributed by atoms with Gasteiger partial charge in [0.05, 0.1) is 13.2 Å². The topological polar surface area (TPSA) is 73.3 Å². The van der Waals surface area contributed by atoms with Crippen molar-refractivity contribution >= 4 is 45.7 Å². The number of thioether (sulfide) groups is 1. The van der Waals surface area contributed by atoms with Gasteiger partial charge in [-0.2, -0.15) is 0 Å². The normalized spacial score (nSPS) is 10.7. The third-order valence-corrected chi connectivity index (χ3v) is 6.19. The quantitative estimate of drug-likeness (QED) is 0.322. The van der Waals surface area contributed by atoms with Crippen LogP contribution in [0.25, 0.3) is 0 Å². The number of rotatable bonds is 9. The van der Waals surface area contributed by atoms with Gasteiger partial charge in [-0.25, -0.2) is 4.39 Å². The fourth-order valence-electron chi connectivity index (χ4n) is 2.48. The van der Waals surface area contributed by atoms with Gasteiger partial charge in [0.2, 0.25) is 5.13 Å². The van der Waals surface area contributed by atoms with Crippen LogP contribution in [-0.2, 0) is 5.75 Å². The number of ether oxygens (including phenoxy) is 2. The van der Waals surface area contributed by atoms with Gasteiger partial charge >= 0.3 is 0 Å². The third kappa shape index (κ3) is 5.62. The lowest BCUT2D eigenvalue weighted by Gasteiger charge is -2.12. The molecule has 0 aliphatic carbocycles. The lowest BCUT2D eigenvalue weighted by Crippen LogP contribution is -2.12. The second kappa shape index (κ2) is 10.6. The summed E-state index contributed by atoms with van der Waals surface area (Å²) < 4.78 is 25.5. The van der Waals surface area contributed by atoms with E-state index in [2.05, 4.69) is 15.5 Å². The van der Waals surface area contributed by atoms with Gasteiger partial charge in [-0.1, -0.05) is 40.8 Å². The number of hydrogen-bond donors (Lipinski definition) is 1. The number of hydrogen-bond acceptors (Lipinski definition) is 7. The molecule has 0 radical (unpaired) electrons. The number of amides is 1. The van der Waals surface area contributed by atoms with Gasteiger partial charge in [0.25, 0.3) is 5.91 Å². The highest BCUT2D eigenvalue weighted by molar-refractivity contribution is 8.00. The second-order valence-corrected chi connectivity index (χ2v) is 8.45. The average molecular weight is 468 g/mol. The van der Waals surface area contributed by atoms with Crippen LogP contribution < -0.4 is 14.8 Å². The zero-order chi connectivity index (χ0) is 21.5. The second-order valence-electron chi connectivity index (χ2n) is 5.84. The van der Waals surface area contributed by atoms with Crippen molar-refractivity contribution in [1.29, 1.82) is 0 Å². The molecule has 10 heteroatoms. The van der Waals surface area contributed by atoms with Crippen LogP contribution in [0.1, 0.15) is 29.8 Å². The van der Waals surface area contributed by atoms with Gasteiger partial charge in [-0.05, 0) is 44.2 Å². The van der Waals surface area contributed by atoms with Crippen LogP contribution in [0, 0.1) is 5.82 Å². The summed E-state index contributed by atoms with van der Waals surface area (Å²) in [5.41, 5.74) is 0.812. The van der Waals surface area contributed by atoms with E-state index in [0.29, 0.717) is 56.1 Å². The minimum absolute atomic E-state index is 0.310. The molecule has 0 saturated heterocycles. The summed E-state index contributed by atoms with van der Waals surface area (Å²) in [6.07, 6.45) is 0. The number of nitrogens with zero attached hydrogens (tertiary/aromatic N) is 2. The van der Waals surface area contributed by atoms with Crippen LogP contribution >= 0.6 is 34.7 Å². The molecule has 1 heterocycles. The number of carbonyl (C=O) groups excluding carboxylic acids is 1. The first-order valence-electron chi connectivity index (χ1n) is 9.12. The number of benzene rings is 2. The summed E-state index contributed by atoms with van der Waals surface area (Å²) in [5, 5.41) is 11.4. The molecule has 0 spiro atoms. The van der Waals surface area contributed by atoms with Crippen molar-refractivity contribution in [2.24, 2.45) is 0 Å². The first-order valence-corrected chi connectivity index (χ1v) is 11.3. The van der Waals surface area contributed by atoms with Crippen LogP contribution in [0.2, 0.25) is 5.02 Å². The van der Waals surface area contributed by atoms with E-state index < -0.39 is 0 Å². The van der Waals surface area contributed by atoms with E-state index in [0.717, 1.165) is 0 Å². The summed E-state index contributed by atoms with van der Waals surface area (Å²) in [6.45, 7) is 4.68. The maximum Gasteiger partial charge on any atom is 0.257 e. The Hall–Kier alpha value is -2.36. The standard InChI is InChI=1S/C20H19ClFN3O3S2/c1-3-27-16-9-8-12(10-17(16)28-4-2)18(26)23-19-24-25-20(30-19)29-11-13-14(21)6-5-7-15(13)22/h5-10H,3-4,11H2,1-2H3,(H,23,24,26). The Kier molecular flexibility index (Phi) is 7.89. The lowest BCUT2D eigenvalue weighted by molar-refractivity contribution is 0.102. The molecule has 1 N–H and O–H groups in total. The monoisotopic (exact) mass is 467 g/mol. The van der Waals surface area contributed by atoms with Crippen LogP contribution in [-0.4, -0.2) is 29.3 Å². The highest BCUT2D eigenvalue weighted by Crippen LogP contribution is 2.32. The predicted molar refractivity (Wildman–Crippen MR) is 118 cm³/mol. The van der Waals surface area contributed by atoms with Gasteiger partial charge in [0.15, 0.2) is 15.8 Å². The molecular weight excluding hydrogens is 449 g/mol. The summed E-state index contributed by atoms with van der Waals surface area (Å²) in [7, 11) is 0. The zero-order valence-corrected chi connectivity index (χ0v) is 18.7. The Bertz CT molecular complexity index is 1010. The molecule has 3 rings (SSSR count). The van der Waals surface area contributed by atoms with Crippen molar-refractivity contribution in [3.63, 3.8) is 0 Å². The van der Waals surface area contributed by atoms with Crippen molar-refractivity contribution in [2.45, 2.75) is 23.9 Å². The van der Waals surface area contributed by atoms with Crippen LogP contribution in [0.3, 0.4) is 0 Å². The number of nitrogens with one attached hydrogen (secondary N) is 1. The molecule has 0 unspecified atom stereocenters. The van der Waals surface area contributed by atoms with Crippen molar-refractivity contribution in [3.8, 4) is 11.5 Å². The summed E-state index contributed by atoms with van der Waals surface area (Å²) in [4.78, 5) is 12.6. The van der Waals surface area contributed by atoms with E-state index in [-0.39, 0.29) is 11.7 Å². The summed E-state index contributed by atoms with van der Waals surface area (Å²) in [6, 6.07) is 9.53. The number of anilines is 1. The van der Waals surface area contributed by atoms with E-state index in [9.17, 15) is 9.18 Å². The predicted octanol–water partition coefficient (Wildman–Crippen LogP) is 5.67. The van der Waals surface area contributed by atoms with Gasteiger partial charge < -0.3 is 9.47 Å². The highest BCUT2D eigenvalue weighted by Gasteiger charge is 2.15. The molecule has 0 aliphatic rings. The molecule has 0 fully saturated rings. The number of carbonyl (C=O) groups is 1. The molecular formula is C20H19ClFN3O3S2. The van der Waals surface area contributed by atoms with Gasteiger partial charge in [0, 0.05) is 21.9 Å². The SMILES string of the molecule is CCOc1ccc(C(=O)Nc2nnc(SCc3c(F)cccc3Cl)s2)cc1OCC. The maximum absolute atomic E-state index is 13.9. The van der Waals surface area contributed by atoms with Crippen molar-refractivity contribution < 1.29 is 18.7 Å². The molecule has 0 bridgehead atoms. The largest absolute Gasteiger partial charge is 0.490 e. The molecule has 1 amide bonds. The summed E-state index contributed by atoms with van der Waals surface area (Å²) >= 11 is 8.54. The molecule has 30 heavy (non-hydrogen) atoms. The Balaban J connectivity index is 1.65. The molecule has 2 aromatic carbocycles. The van der Waals surface area contributed by atoms with Crippen molar-refractivity contribution in [3.05, 3.63) is 58.4 Å². The molecule has 158 valence electrons. The van der Waals surface area contributed by atoms with E-state index in [1.807, 2.05) is 13.8 Å². The molecule has 3 aromatic rings. The average Bonchev–Trinajstić information content (AvgIpc) is 3.16. The fourth-order valence-corrected chi connectivity index (χ4v) is 4.57. The lowest BCUT2D eigenvalue weighted by atomic mass is 10.2. The van der Waals surface area contributed by atoms with E-state index in [1.54, 1.807) is 30.3 Å². The van der Waals surface area contributed by atoms with E-state index >= 15 is 0 Å². The Labute approximate surface area is 186 Å². The third-order valence-electron chi connectivity index (χ3n) is 3.83. The van der Waals surface area contributed by atoms with Gasteiger partial charge in [0.1, 0.15) is 5.82 Å². The number of aromatic nitrogens is 2. The van der Waals surface area contributed by atoms with Crippen LogP contribution in [0.5, 0.6) is 11.5 Å². The Morgan fingerprint density at radius 2 is 1.93 bits per heavy atom. The maximum atomic E-state index is 13.9. The van der Waals surface area contributed by atoms with Crippen LogP contribution in [0.15, 0.2) is 40.7 Å². The highest BCUT2D eigenvalue weighted by atomic mass is 35.5. The minimum Gasteiger partial charge on any atom is -0.490 e. The van der Waals surface area contributed by atoms with E-state index in [4.69, 9.17) is 21.1 Å². The minimum atomic E-state index is -0.367. The first kappa shape index (κ1) is 22.3. The Morgan fingerprint density at radius 3 is 2.67 bits per heavy atom. The van der Waals surface area contributed by atoms with Crippen molar-refractivity contribution in [1.82, 2.24) is 10.2 Å². The molecule has 1 aromatic heterocycles. The molecule has 6 nitrogen and oxygen atoms in total. The Morgan fingerprint density at radius 1 is 1.17 bits per heavy atom. The van der Waals surface area contributed by atoms with Gasteiger partial charge in [-0.15, -0.1) is 10.2 Å². The van der Waals surface area contributed by atoms with Crippen LogP contribution in [0.4, 0.5) is 9.52 Å². The summed E-state index contributed by atoms with van der Waals surface area (Å²) in [5.74, 6) is 0.683. The number of halogens is 2.